The van der Waals surface area contributed by atoms with Crippen LogP contribution in [-0.4, -0.2) is 19.9 Å². The van der Waals surface area contributed by atoms with E-state index in [0.29, 0.717) is 0 Å². The Morgan fingerprint density at radius 1 is 1.24 bits per heavy atom. The molecule has 0 bridgehead atoms. The third-order valence-electron chi connectivity index (χ3n) is 4.29. The molecule has 1 unspecified atom stereocenters. The summed E-state index contributed by atoms with van der Waals surface area (Å²) in [5.41, 5.74) is 2.09. The molecule has 1 aliphatic heterocycles. The Morgan fingerprint density at radius 2 is 2.10 bits per heavy atom. The number of rotatable bonds is 4. The summed E-state index contributed by atoms with van der Waals surface area (Å²) in [5.74, 6) is 3.06. The number of nitrogens with zero attached hydrogens (tertiary/aromatic N) is 4. The first-order chi connectivity index (χ1) is 10.2. The number of hydrogen-bond acceptors (Lipinski definition) is 5. The average molecular weight is 289 g/mol. The molecule has 0 amide bonds. The van der Waals surface area contributed by atoms with Crippen LogP contribution in [0.15, 0.2) is 4.52 Å². The predicted molar refractivity (Wildman–Crippen MR) is 78.8 cm³/mol. The second kappa shape index (κ2) is 5.97. The topological polar surface area (TPSA) is 68.8 Å². The van der Waals surface area contributed by atoms with Gasteiger partial charge in [0.15, 0.2) is 0 Å². The van der Waals surface area contributed by atoms with Crippen LogP contribution in [-0.2, 0) is 19.5 Å². The second-order valence-electron chi connectivity index (χ2n) is 5.84. The van der Waals surface area contributed by atoms with Crippen LogP contribution < -0.4 is 5.32 Å². The molecular formula is C15H23N5O. The van der Waals surface area contributed by atoms with Gasteiger partial charge in [0.25, 0.3) is 0 Å². The molecule has 0 radical (unpaired) electrons. The Bertz CT molecular complexity index is 596. The number of nitrogens with one attached hydrogen (secondary N) is 1. The largest absolute Gasteiger partial charge is 0.361 e. The maximum atomic E-state index is 5.20. The van der Waals surface area contributed by atoms with Crippen LogP contribution in [0.3, 0.4) is 0 Å². The minimum absolute atomic E-state index is 0.165. The Balaban J connectivity index is 1.71. The van der Waals surface area contributed by atoms with Crippen molar-refractivity contribution in [1.82, 2.24) is 25.2 Å². The van der Waals surface area contributed by atoms with E-state index < -0.39 is 0 Å². The van der Waals surface area contributed by atoms with Crippen LogP contribution in [0.2, 0.25) is 0 Å². The van der Waals surface area contributed by atoms with Crippen LogP contribution in [0.1, 0.15) is 60.9 Å². The number of hydrogen-bond donors (Lipinski definition) is 1. The maximum Gasteiger partial charge on any atom is 0.149 e. The summed E-state index contributed by atoms with van der Waals surface area (Å²) in [5, 5.41) is 16.3. The van der Waals surface area contributed by atoms with E-state index in [1.807, 2.05) is 13.8 Å². The van der Waals surface area contributed by atoms with Gasteiger partial charge in [-0.05, 0) is 33.6 Å². The number of fused-ring (bicyclic) bond motifs is 1. The molecule has 114 valence electrons. The fourth-order valence-electron chi connectivity index (χ4n) is 2.93. The number of aromatic nitrogens is 4. The lowest BCUT2D eigenvalue weighted by atomic mass is 10.2. The molecule has 0 saturated carbocycles. The van der Waals surface area contributed by atoms with Crippen LogP contribution in [0.4, 0.5) is 0 Å². The summed E-state index contributed by atoms with van der Waals surface area (Å²) in [6.07, 6.45) is 4.76. The first kappa shape index (κ1) is 14.3. The smallest absolute Gasteiger partial charge is 0.149 e. The van der Waals surface area contributed by atoms with Crippen molar-refractivity contribution in [2.24, 2.45) is 0 Å². The summed E-state index contributed by atoms with van der Waals surface area (Å²) in [4.78, 5) is 0. The lowest BCUT2D eigenvalue weighted by Gasteiger charge is -2.15. The molecule has 6 nitrogen and oxygen atoms in total. The van der Waals surface area contributed by atoms with Crippen molar-refractivity contribution in [2.75, 3.05) is 0 Å². The molecule has 3 rings (SSSR count). The van der Waals surface area contributed by atoms with Crippen LogP contribution in [0.5, 0.6) is 0 Å². The summed E-state index contributed by atoms with van der Waals surface area (Å²) >= 11 is 0. The van der Waals surface area contributed by atoms with E-state index in [9.17, 15) is 0 Å². The summed E-state index contributed by atoms with van der Waals surface area (Å²) < 4.78 is 7.49. The molecule has 1 atom stereocenters. The van der Waals surface area contributed by atoms with E-state index in [1.54, 1.807) is 0 Å². The van der Waals surface area contributed by atoms with Gasteiger partial charge in [-0.1, -0.05) is 11.6 Å². The molecule has 0 aromatic carbocycles. The third-order valence-corrected chi connectivity index (χ3v) is 4.29. The van der Waals surface area contributed by atoms with Crippen molar-refractivity contribution in [3.05, 3.63) is 28.7 Å². The lowest BCUT2D eigenvalue weighted by molar-refractivity contribution is 0.391. The Morgan fingerprint density at radius 3 is 2.86 bits per heavy atom. The third kappa shape index (κ3) is 2.85. The van der Waals surface area contributed by atoms with Gasteiger partial charge in [0.2, 0.25) is 0 Å². The van der Waals surface area contributed by atoms with Crippen molar-refractivity contribution in [1.29, 1.82) is 0 Å². The van der Waals surface area contributed by atoms with Crippen LogP contribution in [0, 0.1) is 13.8 Å². The first-order valence-electron chi connectivity index (χ1n) is 7.74. The highest BCUT2D eigenvalue weighted by atomic mass is 16.5. The van der Waals surface area contributed by atoms with Crippen molar-refractivity contribution < 1.29 is 4.52 Å². The zero-order valence-corrected chi connectivity index (χ0v) is 13.0. The van der Waals surface area contributed by atoms with Crippen molar-refractivity contribution in [3.63, 3.8) is 0 Å². The second-order valence-corrected chi connectivity index (χ2v) is 5.84. The summed E-state index contributed by atoms with van der Waals surface area (Å²) in [6, 6.07) is 0.165. The van der Waals surface area contributed by atoms with E-state index in [2.05, 4.69) is 32.2 Å². The normalized spacial score (nSPS) is 16.5. The van der Waals surface area contributed by atoms with Gasteiger partial charge in [-0.3, -0.25) is 0 Å². The van der Waals surface area contributed by atoms with Gasteiger partial charge < -0.3 is 14.4 Å². The van der Waals surface area contributed by atoms with Crippen LogP contribution in [0.25, 0.3) is 0 Å². The Hall–Kier alpha value is -1.69. The molecular weight excluding hydrogens is 266 g/mol. The first-order valence-corrected chi connectivity index (χ1v) is 7.74. The molecule has 0 fully saturated rings. The monoisotopic (exact) mass is 289 g/mol. The highest BCUT2D eigenvalue weighted by Gasteiger charge is 2.19. The van der Waals surface area contributed by atoms with Crippen molar-refractivity contribution >= 4 is 0 Å². The van der Waals surface area contributed by atoms with Gasteiger partial charge in [0.05, 0.1) is 11.7 Å². The molecule has 0 spiro atoms. The highest BCUT2D eigenvalue weighted by Crippen LogP contribution is 2.19. The molecule has 2 aromatic heterocycles. The van der Waals surface area contributed by atoms with Gasteiger partial charge in [-0.2, -0.15) is 0 Å². The van der Waals surface area contributed by atoms with Gasteiger partial charge >= 0.3 is 0 Å². The van der Waals surface area contributed by atoms with E-state index in [4.69, 9.17) is 4.52 Å². The van der Waals surface area contributed by atoms with E-state index in [-0.39, 0.29) is 6.04 Å². The highest BCUT2D eigenvalue weighted by molar-refractivity contribution is 5.20. The van der Waals surface area contributed by atoms with Crippen molar-refractivity contribution in [2.45, 2.75) is 65.6 Å². The van der Waals surface area contributed by atoms with E-state index in [0.717, 1.165) is 48.2 Å². The minimum atomic E-state index is 0.165. The van der Waals surface area contributed by atoms with Gasteiger partial charge in [0.1, 0.15) is 17.4 Å². The molecule has 1 aliphatic rings. The quantitative estimate of drug-likeness (QED) is 0.936. The average Bonchev–Trinajstić information content (AvgIpc) is 2.92. The Labute approximate surface area is 124 Å². The zero-order valence-electron chi connectivity index (χ0n) is 13.0. The van der Waals surface area contributed by atoms with Gasteiger partial charge in [-0.25, -0.2) is 0 Å². The fourth-order valence-corrected chi connectivity index (χ4v) is 2.93. The van der Waals surface area contributed by atoms with E-state index in [1.165, 1.54) is 19.3 Å². The van der Waals surface area contributed by atoms with Gasteiger partial charge in [0, 0.05) is 25.1 Å². The predicted octanol–water partition coefficient (Wildman–Crippen LogP) is 2.46. The van der Waals surface area contributed by atoms with Crippen LogP contribution >= 0.6 is 0 Å². The summed E-state index contributed by atoms with van der Waals surface area (Å²) in [6.45, 7) is 7.84. The summed E-state index contributed by atoms with van der Waals surface area (Å²) in [7, 11) is 0. The molecule has 21 heavy (non-hydrogen) atoms. The maximum absolute atomic E-state index is 5.20. The van der Waals surface area contributed by atoms with Crippen molar-refractivity contribution in [3.8, 4) is 0 Å². The molecule has 6 heteroatoms. The SMILES string of the molecule is Cc1noc(C)c1CNC(C)c1nnc2n1CCCCC2. The minimum Gasteiger partial charge on any atom is -0.361 e. The molecule has 2 aromatic rings. The van der Waals surface area contributed by atoms with Gasteiger partial charge in [-0.15, -0.1) is 10.2 Å². The van der Waals surface area contributed by atoms with E-state index >= 15 is 0 Å². The number of aryl methyl sites for hydroxylation is 3. The molecule has 0 saturated heterocycles. The fraction of sp³-hybridized carbons (Fsp3) is 0.667. The lowest BCUT2D eigenvalue weighted by Crippen LogP contribution is -2.22. The molecule has 1 N–H and O–H groups in total. The molecule has 3 heterocycles. The standard InChI is InChI=1S/C15H23N5O/c1-10-13(12(3)21-19-10)9-16-11(2)15-18-17-14-7-5-4-6-8-20(14)15/h11,16H,4-9H2,1-3H3. The molecule has 0 aliphatic carbocycles. The zero-order chi connectivity index (χ0) is 14.8. The Kier molecular flexibility index (Phi) is 4.05.